The fourth-order valence-electron chi connectivity index (χ4n) is 4.67. The summed E-state index contributed by atoms with van der Waals surface area (Å²) in [5.41, 5.74) is 2.25. The van der Waals surface area contributed by atoms with Crippen LogP contribution in [0.4, 0.5) is 0 Å². The molecule has 2 aromatic rings. The number of likely N-dealkylation sites (N-methyl/N-ethyl adjacent to an activating group) is 1. The zero-order valence-electron chi connectivity index (χ0n) is 19.1. The minimum absolute atomic E-state index is 0.0760. The summed E-state index contributed by atoms with van der Waals surface area (Å²) in [5.74, 6) is 0.516. The van der Waals surface area contributed by atoms with Crippen LogP contribution >= 0.6 is 0 Å². The van der Waals surface area contributed by atoms with Gasteiger partial charge in [-0.2, -0.15) is 0 Å². The number of carbonyl (C=O) groups excluding carboxylic acids is 1. The fourth-order valence-corrected chi connectivity index (χ4v) is 4.67. The monoisotopic (exact) mass is 427 g/mol. The van der Waals surface area contributed by atoms with Crippen molar-refractivity contribution in [3.63, 3.8) is 0 Å². The van der Waals surface area contributed by atoms with E-state index in [0.717, 1.165) is 56.4 Å². The number of hydrogen-bond acceptors (Lipinski definition) is 5. The Morgan fingerprint density at radius 1 is 1.10 bits per heavy atom. The van der Waals surface area contributed by atoms with Gasteiger partial charge >= 0.3 is 0 Å². The minimum Gasteiger partial charge on any atom is -0.496 e. The Hall–Kier alpha value is -2.15. The third-order valence-electron chi connectivity index (χ3n) is 6.72. The van der Waals surface area contributed by atoms with E-state index in [2.05, 4.69) is 27.5 Å². The van der Waals surface area contributed by atoms with Crippen molar-refractivity contribution in [2.24, 2.45) is 0 Å². The number of fused-ring (bicyclic) bond motifs is 1. The highest BCUT2D eigenvalue weighted by Crippen LogP contribution is 2.37. The van der Waals surface area contributed by atoms with Crippen molar-refractivity contribution in [2.45, 2.75) is 83.2 Å². The maximum Gasteiger partial charge on any atom is 0.255 e. The number of nitrogens with one attached hydrogen (secondary N) is 1. The van der Waals surface area contributed by atoms with Gasteiger partial charge in [0.05, 0.1) is 24.2 Å². The molecule has 4 rings (SSSR count). The highest BCUT2D eigenvalue weighted by molar-refractivity contribution is 6.00. The van der Waals surface area contributed by atoms with Crippen LogP contribution in [-0.4, -0.2) is 58.6 Å². The lowest BCUT2D eigenvalue weighted by molar-refractivity contribution is 0.0917. The van der Waals surface area contributed by atoms with Crippen molar-refractivity contribution in [3.8, 4) is 5.75 Å². The van der Waals surface area contributed by atoms with Gasteiger partial charge in [-0.3, -0.25) is 4.79 Å². The average molecular weight is 428 g/mol. The molecule has 1 aliphatic heterocycles. The quantitative estimate of drug-likeness (QED) is 0.769. The average Bonchev–Trinajstić information content (AvgIpc) is 3.53. The molecule has 0 radical (unpaired) electrons. The number of amides is 1. The highest BCUT2D eigenvalue weighted by atomic mass is 16.5. The second-order valence-corrected chi connectivity index (χ2v) is 9.13. The van der Waals surface area contributed by atoms with Gasteiger partial charge in [-0.25, -0.2) is 4.68 Å². The van der Waals surface area contributed by atoms with Gasteiger partial charge in [0.2, 0.25) is 0 Å². The second kappa shape index (κ2) is 10.4. The van der Waals surface area contributed by atoms with Crippen LogP contribution in [0.15, 0.2) is 12.1 Å². The van der Waals surface area contributed by atoms with E-state index in [1.165, 1.54) is 38.5 Å². The standard InChI is InChI=1S/C24H37N5O2/c1-3-28-14-10-8-6-4-5-7-9-11-18(17-28)25-24(30)20-15-21-22(16-23(20)31-2)29(27-26-21)19-12-13-19/h15-16,18-19H,3-14,17H2,1-2H3,(H,25,30). The molecule has 2 heterocycles. The topological polar surface area (TPSA) is 72.3 Å². The highest BCUT2D eigenvalue weighted by Gasteiger charge is 2.28. The molecule has 0 bridgehead atoms. The number of hydrogen-bond donors (Lipinski definition) is 1. The zero-order valence-corrected chi connectivity index (χ0v) is 19.1. The molecule has 1 aromatic heterocycles. The number of carbonyl (C=O) groups is 1. The Bertz CT molecular complexity index is 876. The summed E-state index contributed by atoms with van der Waals surface area (Å²) in [6.45, 7) is 5.25. The summed E-state index contributed by atoms with van der Waals surface area (Å²) in [4.78, 5) is 15.8. The van der Waals surface area contributed by atoms with Crippen LogP contribution in [0, 0.1) is 0 Å². The first kappa shape index (κ1) is 22.1. The van der Waals surface area contributed by atoms with Crippen LogP contribution in [-0.2, 0) is 0 Å². The van der Waals surface area contributed by atoms with Gasteiger partial charge < -0.3 is 15.0 Å². The van der Waals surface area contributed by atoms with Crippen molar-refractivity contribution in [2.75, 3.05) is 26.7 Å². The van der Waals surface area contributed by atoms with E-state index in [1.807, 2.05) is 16.8 Å². The van der Waals surface area contributed by atoms with E-state index in [0.29, 0.717) is 17.4 Å². The van der Waals surface area contributed by atoms with Crippen molar-refractivity contribution >= 4 is 16.9 Å². The Labute approximate surface area is 185 Å². The van der Waals surface area contributed by atoms with Crippen LogP contribution in [0.3, 0.4) is 0 Å². The van der Waals surface area contributed by atoms with Crippen molar-refractivity contribution in [3.05, 3.63) is 17.7 Å². The molecule has 0 spiro atoms. The molecule has 7 heteroatoms. The lowest BCUT2D eigenvalue weighted by atomic mass is 10.0. The summed E-state index contributed by atoms with van der Waals surface area (Å²) < 4.78 is 7.57. The summed E-state index contributed by atoms with van der Waals surface area (Å²) in [5, 5.41) is 11.9. The van der Waals surface area contributed by atoms with E-state index in [-0.39, 0.29) is 11.9 Å². The largest absolute Gasteiger partial charge is 0.496 e. The Balaban J connectivity index is 1.50. The molecule has 1 amide bonds. The Kier molecular flexibility index (Phi) is 7.43. The lowest BCUT2D eigenvalue weighted by Gasteiger charge is -2.28. The Morgan fingerprint density at radius 2 is 1.84 bits per heavy atom. The van der Waals surface area contributed by atoms with Gasteiger partial charge in [-0.15, -0.1) is 5.10 Å². The molecule has 170 valence electrons. The van der Waals surface area contributed by atoms with Gasteiger partial charge in [0, 0.05) is 18.7 Å². The van der Waals surface area contributed by atoms with Crippen LogP contribution < -0.4 is 10.1 Å². The van der Waals surface area contributed by atoms with E-state index in [9.17, 15) is 4.79 Å². The first-order chi connectivity index (χ1) is 15.2. The molecule has 1 N–H and O–H groups in total. The van der Waals surface area contributed by atoms with Gasteiger partial charge in [0.1, 0.15) is 11.3 Å². The van der Waals surface area contributed by atoms with Crippen molar-refractivity contribution < 1.29 is 9.53 Å². The number of methoxy groups -OCH3 is 1. The predicted octanol–water partition coefficient (Wildman–Crippen LogP) is 4.33. The van der Waals surface area contributed by atoms with Crippen molar-refractivity contribution in [1.82, 2.24) is 25.2 Å². The molecule has 1 aliphatic carbocycles. The Morgan fingerprint density at radius 3 is 2.55 bits per heavy atom. The number of benzene rings is 1. The number of rotatable bonds is 5. The van der Waals surface area contributed by atoms with E-state index < -0.39 is 0 Å². The van der Waals surface area contributed by atoms with E-state index >= 15 is 0 Å². The SMILES string of the molecule is CCN1CCCCCCCCCC(NC(=O)c2cc3nnn(C4CC4)c3cc2OC)C1. The third kappa shape index (κ3) is 5.56. The van der Waals surface area contributed by atoms with E-state index in [4.69, 9.17) is 4.74 Å². The predicted molar refractivity (Wildman–Crippen MR) is 123 cm³/mol. The number of nitrogens with zero attached hydrogens (tertiary/aromatic N) is 4. The molecule has 1 atom stereocenters. The molecule has 1 aromatic carbocycles. The smallest absolute Gasteiger partial charge is 0.255 e. The molecular weight excluding hydrogens is 390 g/mol. The molecule has 1 saturated heterocycles. The second-order valence-electron chi connectivity index (χ2n) is 9.13. The maximum atomic E-state index is 13.3. The minimum atomic E-state index is -0.0760. The van der Waals surface area contributed by atoms with Crippen LogP contribution in [0.25, 0.3) is 11.0 Å². The summed E-state index contributed by atoms with van der Waals surface area (Å²) >= 11 is 0. The van der Waals surface area contributed by atoms with Gasteiger partial charge in [0.15, 0.2) is 0 Å². The molecular formula is C24H37N5O2. The van der Waals surface area contributed by atoms with Crippen LogP contribution in [0.1, 0.15) is 87.5 Å². The number of aromatic nitrogens is 3. The fraction of sp³-hybridized carbons (Fsp3) is 0.708. The first-order valence-electron chi connectivity index (χ1n) is 12.2. The van der Waals surface area contributed by atoms with E-state index in [1.54, 1.807) is 7.11 Å². The maximum absolute atomic E-state index is 13.3. The number of ether oxygens (including phenoxy) is 1. The zero-order chi connectivity index (χ0) is 21.6. The van der Waals surface area contributed by atoms with Crippen LogP contribution in [0.2, 0.25) is 0 Å². The van der Waals surface area contributed by atoms with Gasteiger partial charge in [0.25, 0.3) is 5.91 Å². The molecule has 31 heavy (non-hydrogen) atoms. The lowest BCUT2D eigenvalue weighted by Crippen LogP contribution is -2.44. The van der Waals surface area contributed by atoms with Crippen molar-refractivity contribution in [1.29, 1.82) is 0 Å². The van der Waals surface area contributed by atoms with Crippen LogP contribution in [0.5, 0.6) is 5.75 Å². The van der Waals surface area contributed by atoms with Gasteiger partial charge in [-0.05, 0) is 44.8 Å². The molecule has 1 saturated carbocycles. The molecule has 1 unspecified atom stereocenters. The molecule has 2 fully saturated rings. The summed E-state index contributed by atoms with van der Waals surface area (Å²) in [6.07, 6.45) is 12.3. The molecule has 2 aliphatic rings. The summed E-state index contributed by atoms with van der Waals surface area (Å²) in [7, 11) is 1.62. The summed E-state index contributed by atoms with van der Waals surface area (Å²) in [6, 6.07) is 4.34. The normalized spacial score (nSPS) is 21.9. The first-order valence-corrected chi connectivity index (χ1v) is 12.2. The molecule has 7 nitrogen and oxygen atoms in total. The third-order valence-corrected chi connectivity index (χ3v) is 6.72. The van der Waals surface area contributed by atoms with Gasteiger partial charge in [-0.1, -0.05) is 50.7 Å².